The molecule has 152 valence electrons. The largest absolute Gasteiger partial charge is 0.337 e. The summed E-state index contributed by atoms with van der Waals surface area (Å²) in [7, 11) is 0. The average molecular weight is 401 g/mol. The summed E-state index contributed by atoms with van der Waals surface area (Å²) in [6.45, 7) is 1.08. The predicted molar refractivity (Wildman–Crippen MR) is 115 cm³/mol. The van der Waals surface area contributed by atoms with Gasteiger partial charge >= 0.3 is 6.03 Å². The van der Waals surface area contributed by atoms with Gasteiger partial charge in [-0.25, -0.2) is 9.78 Å². The first-order valence-corrected chi connectivity index (χ1v) is 9.95. The average Bonchev–Trinajstić information content (AvgIpc) is 3.17. The number of nitrogens with one attached hydrogen (secondary N) is 2. The molecule has 0 bridgehead atoms. The van der Waals surface area contributed by atoms with Gasteiger partial charge in [-0.15, -0.1) is 0 Å². The zero-order valence-corrected chi connectivity index (χ0v) is 16.5. The lowest BCUT2D eigenvalue weighted by atomic mass is 9.99. The van der Waals surface area contributed by atoms with Crippen molar-refractivity contribution in [3.8, 4) is 0 Å². The smallest absolute Gasteiger partial charge is 0.320 e. The number of pyridine rings is 2. The number of amides is 3. The third-order valence-corrected chi connectivity index (χ3v) is 5.09. The van der Waals surface area contributed by atoms with Crippen LogP contribution in [0.25, 0.3) is 0 Å². The van der Waals surface area contributed by atoms with Gasteiger partial charge in [0.05, 0.1) is 0 Å². The van der Waals surface area contributed by atoms with Crippen LogP contribution < -0.4 is 15.5 Å². The molecule has 1 aliphatic heterocycles. The molecule has 7 nitrogen and oxygen atoms in total. The molecule has 0 saturated carbocycles. The molecular formula is C23H23N5O2. The van der Waals surface area contributed by atoms with E-state index < -0.39 is 0 Å². The van der Waals surface area contributed by atoms with Crippen molar-refractivity contribution in [1.29, 1.82) is 0 Å². The van der Waals surface area contributed by atoms with Crippen LogP contribution in [-0.4, -0.2) is 35.0 Å². The third-order valence-electron chi connectivity index (χ3n) is 5.09. The summed E-state index contributed by atoms with van der Waals surface area (Å²) in [5.74, 6) is 0.637. The summed E-state index contributed by atoms with van der Waals surface area (Å²) in [5.41, 5.74) is 2.81. The third kappa shape index (κ3) is 4.81. The number of carbonyl (C=O) groups is 2. The van der Waals surface area contributed by atoms with Gasteiger partial charge in [-0.2, -0.15) is 0 Å². The number of aromatic nitrogens is 2. The van der Waals surface area contributed by atoms with Gasteiger partial charge in [0.15, 0.2) is 0 Å². The molecule has 30 heavy (non-hydrogen) atoms. The maximum absolute atomic E-state index is 12.6. The minimum Gasteiger partial charge on any atom is -0.337 e. The summed E-state index contributed by atoms with van der Waals surface area (Å²) in [6.07, 6.45) is 4.45. The normalized spacial score (nSPS) is 15.8. The Morgan fingerprint density at radius 1 is 1.03 bits per heavy atom. The van der Waals surface area contributed by atoms with Crippen molar-refractivity contribution in [1.82, 2.24) is 15.3 Å². The van der Waals surface area contributed by atoms with E-state index in [4.69, 9.17) is 0 Å². The lowest BCUT2D eigenvalue weighted by Crippen LogP contribution is -2.31. The quantitative estimate of drug-likeness (QED) is 0.663. The first kappa shape index (κ1) is 19.6. The van der Waals surface area contributed by atoms with Crippen LogP contribution in [0.2, 0.25) is 0 Å². The van der Waals surface area contributed by atoms with Crippen LogP contribution in [0.1, 0.15) is 23.6 Å². The molecule has 3 aromatic rings. The summed E-state index contributed by atoms with van der Waals surface area (Å²) in [6, 6.07) is 18.9. The number of nitrogens with zero attached hydrogens (tertiary/aromatic N) is 3. The molecule has 1 atom stereocenters. The number of hydrogen-bond acceptors (Lipinski definition) is 4. The molecule has 0 aliphatic carbocycles. The Kier molecular flexibility index (Phi) is 5.98. The Morgan fingerprint density at radius 3 is 2.67 bits per heavy atom. The monoisotopic (exact) mass is 401 g/mol. The van der Waals surface area contributed by atoms with E-state index in [0.717, 1.165) is 16.9 Å². The fraction of sp³-hybridized carbons (Fsp3) is 0.217. The van der Waals surface area contributed by atoms with E-state index in [-0.39, 0.29) is 17.9 Å². The van der Waals surface area contributed by atoms with Crippen molar-refractivity contribution in [2.45, 2.75) is 18.8 Å². The van der Waals surface area contributed by atoms with Gasteiger partial charge in [0.2, 0.25) is 5.91 Å². The van der Waals surface area contributed by atoms with Gasteiger partial charge in [-0.1, -0.05) is 36.4 Å². The number of benzene rings is 1. The minimum atomic E-state index is -0.342. The SMILES string of the molecule is O=C(NCCc1ccccn1)Nc1cc(N2CC(c3ccccc3)CC2=O)ccn1. The van der Waals surface area contributed by atoms with E-state index in [1.165, 1.54) is 0 Å². The molecule has 1 aromatic carbocycles. The lowest BCUT2D eigenvalue weighted by molar-refractivity contribution is -0.117. The zero-order valence-electron chi connectivity index (χ0n) is 16.5. The van der Waals surface area contributed by atoms with Crippen molar-refractivity contribution < 1.29 is 9.59 Å². The Balaban J connectivity index is 1.34. The summed E-state index contributed by atoms with van der Waals surface area (Å²) < 4.78 is 0. The highest BCUT2D eigenvalue weighted by atomic mass is 16.2. The van der Waals surface area contributed by atoms with Crippen molar-refractivity contribution in [2.75, 3.05) is 23.3 Å². The molecule has 1 fully saturated rings. The standard InChI is InChI=1S/C23H23N5O2/c29-22-14-18(17-6-2-1-3-7-17)16-28(22)20-10-13-25-21(15-20)27-23(30)26-12-9-19-8-4-5-11-24-19/h1-8,10-11,13,15,18H,9,12,14,16H2,(H2,25,26,27,30). The second-order valence-corrected chi connectivity index (χ2v) is 7.17. The Bertz CT molecular complexity index is 1010. The van der Waals surface area contributed by atoms with Gasteiger partial charge in [0.1, 0.15) is 5.82 Å². The van der Waals surface area contributed by atoms with Crippen LogP contribution in [0.4, 0.5) is 16.3 Å². The fourth-order valence-electron chi connectivity index (χ4n) is 3.57. The summed E-state index contributed by atoms with van der Waals surface area (Å²) in [4.78, 5) is 34.9. The maximum atomic E-state index is 12.6. The van der Waals surface area contributed by atoms with Gasteiger partial charge in [-0.3, -0.25) is 15.1 Å². The van der Waals surface area contributed by atoms with E-state index in [2.05, 4.69) is 32.7 Å². The minimum absolute atomic E-state index is 0.0702. The van der Waals surface area contributed by atoms with E-state index in [1.54, 1.807) is 29.4 Å². The van der Waals surface area contributed by atoms with Gasteiger partial charge < -0.3 is 10.2 Å². The lowest BCUT2D eigenvalue weighted by Gasteiger charge is -2.18. The molecule has 2 N–H and O–H groups in total. The van der Waals surface area contributed by atoms with E-state index in [9.17, 15) is 9.59 Å². The molecular weight excluding hydrogens is 378 g/mol. The number of carbonyl (C=O) groups excluding carboxylic acids is 2. The molecule has 0 radical (unpaired) electrons. The maximum Gasteiger partial charge on any atom is 0.320 e. The van der Waals surface area contributed by atoms with Gasteiger partial charge in [0.25, 0.3) is 0 Å². The Labute approximate surface area is 175 Å². The van der Waals surface area contributed by atoms with Crippen LogP contribution in [0.5, 0.6) is 0 Å². The number of urea groups is 1. The van der Waals surface area contributed by atoms with Crippen LogP contribution in [0, 0.1) is 0 Å². The Hall–Kier alpha value is -3.74. The first-order chi connectivity index (χ1) is 14.7. The number of anilines is 2. The van der Waals surface area contributed by atoms with Crippen LogP contribution in [-0.2, 0) is 11.2 Å². The zero-order chi connectivity index (χ0) is 20.8. The van der Waals surface area contributed by atoms with Crippen LogP contribution >= 0.6 is 0 Å². The molecule has 3 heterocycles. The molecule has 1 aliphatic rings. The Morgan fingerprint density at radius 2 is 1.87 bits per heavy atom. The second kappa shape index (κ2) is 9.17. The summed E-state index contributed by atoms with van der Waals surface area (Å²) in [5, 5.41) is 5.53. The van der Waals surface area contributed by atoms with Crippen molar-refractivity contribution in [3.05, 3.63) is 84.3 Å². The van der Waals surface area contributed by atoms with Crippen molar-refractivity contribution in [2.24, 2.45) is 0 Å². The molecule has 4 rings (SSSR count). The van der Waals surface area contributed by atoms with Crippen molar-refractivity contribution >= 4 is 23.4 Å². The molecule has 7 heteroatoms. The van der Waals surface area contributed by atoms with Gasteiger partial charge in [-0.05, 0) is 23.8 Å². The number of hydrogen-bond donors (Lipinski definition) is 2. The fourth-order valence-corrected chi connectivity index (χ4v) is 3.57. The van der Waals surface area contributed by atoms with Crippen LogP contribution in [0.3, 0.4) is 0 Å². The first-order valence-electron chi connectivity index (χ1n) is 9.95. The van der Waals surface area contributed by atoms with E-state index in [1.807, 2.05) is 36.4 Å². The molecule has 3 amide bonds. The van der Waals surface area contributed by atoms with E-state index >= 15 is 0 Å². The van der Waals surface area contributed by atoms with Gasteiger partial charge in [0, 0.05) is 61.7 Å². The predicted octanol–water partition coefficient (Wildman–Crippen LogP) is 3.36. The highest BCUT2D eigenvalue weighted by Crippen LogP contribution is 2.32. The van der Waals surface area contributed by atoms with Crippen molar-refractivity contribution in [3.63, 3.8) is 0 Å². The molecule has 2 aromatic heterocycles. The molecule has 1 unspecified atom stereocenters. The van der Waals surface area contributed by atoms with E-state index in [0.29, 0.717) is 31.7 Å². The number of rotatable bonds is 6. The topological polar surface area (TPSA) is 87.2 Å². The molecule has 0 spiro atoms. The second-order valence-electron chi connectivity index (χ2n) is 7.17. The highest BCUT2D eigenvalue weighted by molar-refractivity contribution is 5.97. The summed E-state index contributed by atoms with van der Waals surface area (Å²) >= 11 is 0. The van der Waals surface area contributed by atoms with Crippen LogP contribution in [0.15, 0.2) is 73.1 Å². The molecule has 1 saturated heterocycles. The highest BCUT2D eigenvalue weighted by Gasteiger charge is 2.31.